The molecule has 0 amide bonds. The van der Waals surface area contributed by atoms with Crippen molar-refractivity contribution >= 4 is 22.7 Å². The first kappa shape index (κ1) is 15.7. The van der Waals surface area contributed by atoms with Crippen molar-refractivity contribution in [1.82, 2.24) is 19.9 Å². The number of hydrogen-bond acceptors (Lipinski definition) is 6. The van der Waals surface area contributed by atoms with Gasteiger partial charge in [-0.05, 0) is 31.3 Å². The molecule has 1 aromatic carbocycles. The van der Waals surface area contributed by atoms with Crippen molar-refractivity contribution in [2.45, 2.75) is 0 Å². The second-order valence-electron chi connectivity index (χ2n) is 6.25. The zero-order valence-electron chi connectivity index (χ0n) is 14.0. The Hall–Kier alpha value is -2.80. The van der Waals surface area contributed by atoms with E-state index in [0.29, 0.717) is 16.6 Å². The smallest absolute Gasteiger partial charge is 0.222 e. The molecule has 0 radical (unpaired) electrons. The molecule has 1 aliphatic rings. The summed E-state index contributed by atoms with van der Waals surface area (Å²) in [7, 11) is 2.10. The second-order valence-corrected chi connectivity index (χ2v) is 6.25. The third-order valence-electron chi connectivity index (χ3n) is 4.55. The minimum Gasteiger partial charge on any atom is -0.368 e. The molecule has 0 aliphatic carbocycles. The average molecular weight is 338 g/mol. The number of aromatic nitrogens is 3. The van der Waals surface area contributed by atoms with Gasteiger partial charge in [0, 0.05) is 49.4 Å². The predicted molar refractivity (Wildman–Crippen MR) is 96.8 cm³/mol. The standard InChI is InChI=1S/C18H19FN6/c1-24-7-9-25(10-8-24)16-11-15(22-18(20)23-16)13-4-5-14(19)12-3-2-6-21-17(12)13/h2-6,11H,7-10H2,1H3,(H2,20,22,23). The van der Waals surface area contributed by atoms with Crippen LogP contribution in [-0.4, -0.2) is 53.1 Å². The number of halogens is 1. The normalized spacial score (nSPS) is 15.7. The van der Waals surface area contributed by atoms with Crippen LogP contribution in [0.4, 0.5) is 16.2 Å². The Bertz CT molecular complexity index is 921. The molecule has 25 heavy (non-hydrogen) atoms. The summed E-state index contributed by atoms with van der Waals surface area (Å²) in [5, 5.41) is 0.471. The third-order valence-corrected chi connectivity index (χ3v) is 4.55. The number of hydrogen-bond donors (Lipinski definition) is 1. The number of nitrogen functional groups attached to an aromatic ring is 1. The van der Waals surface area contributed by atoms with E-state index < -0.39 is 0 Å². The molecular weight excluding hydrogens is 319 g/mol. The van der Waals surface area contributed by atoms with Crippen molar-refractivity contribution in [3.8, 4) is 11.3 Å². The fourth-order valence-corrected chi connectivity index (χ4v) is 3.13. The lowest BCUT2D eigenvalue weighted by Crippen LogP contribution is -2.44. The van der Waals surface area contributed by atoms with Crippen LogP contribution in [0, 0.1) is 5.82 Å². The molecule has 3 aromatic rings. The lowest BCUT2D eigenvalue weighted by molar-refractivity contribution is 0.312. The predicted octanol–water partition coefficient (Wildman–Crippen LogP) is 2.16. The van der Waals surface area contributed by atoms with E-state index in [2.05, 4.69) is 31.8 Å². The van der Waals surface area contributed by atoms with E-state index in [9.17, 15) is 4.39 Å². The molecule has 128 valence electrons. The summed E-state index contributed by atoms with van der Waals surface area (Å²) in [4.78, 5) is 17.6. The third kappa shape index (κ3) is 2.98. The Labute approximate surface area is 145 Å². The Morgan fingerprint density at radius 2 is 1.88 bits per heavy atom. The highest BCUT2D eigenvalue weighted by Crippen LogP contribution is 2.30. The number of nitrogens with two attached hydrogens (primary N) is 1. The molecule has 0 unspecified atom stereocenters. The van der Waals surface area contributed by atoms with Gasteiger partial charge in [0.1, 0.15) is 11.6 Å². The fourth-order valence-electron chi connectivity index (χ4n) is 3.13. The quantitative estimate of drug-likeness (QED) is 0.772. The van der Waals surface area contributed by atoms with Gasteiger partial charge in [-0.15, -0.1) is 0 Å². The van der Waals surface area contributed by atoms with Crippen molar-refractivity contribution < 1.29 is 4.39 Å². The van der Waals surface area contributed by atoms with Crippen LogP contribution in [0.1, 0.15) is 0 Å². The first-order valence-corrected chi connectivity index (χ1v) is 8.23. The first-order chi connectivity index (χ1) is 12.1. The Morgan fingerprint density at radius 1 is 1.08 bits per heavy atom. The molecular formula is C18H19FN6. The molecule has 2 N–H and O–H groups in total. The van der Waals surface area contributed by atoms with Gasteiger partial charge in [-0.3, -0.25) is 4.98 Å². The van der Waals surface area contributed by atoms with Gasteiger partial charge in [-0.1, -0.05) is 0 Å². The van der Waals surface area contributed by atoms with Crippen LogP contribution in [-0.2, 0) is 0 Å². The lowest BCUT2D eigenvalue weighted by atomic mass is 10.1. The van der Waals surface area contributed by atoms with Crippen molar-refractivity contribution in [1.29, 1.82) is 0 Å². The van der Waals surface area contributed by atoms with E-state index in [1.54, 1.807) is 24.4 Å². The van der Waals surface area contributed by atoms with Crippen LogP contribution in [0.2, 0.25) is 0 Å². The van der Waals surface area contributed by atoms with Gasteiger partial charge < -0.3 is 15.5 Å². The summed E-state index contributed by atoms with van der Waals surface area (Å²) in [5.41, 5.74) is 7.93. The first-order valence-electron chi connectivity index (χ1n) is 8.23. The summed E-state index contributed by atoms with van der Waals surface area (Å²) in [6.07, 6.45) is 1.65. The van der Waals surface area contributed by atoms with Gasteiger partial charge in [0.2, 0.25) is 5.95 Å². The number of fused-ring (bicyclic) bond motifs is 1. The van der Waals surface area contributed by atoms with E-state index in [0.717, 1.165) is 37.6 Å². The minimum absolute atomic E-state index is 0.208. The van der Waals surface area contributed by atoms with E-state index >= 15 is 0 Å². The Morgan fingerprint density at radius 3 is 2.68 bits per heavy atom. The van der Waals surface area contributed by atoms with Gasteiger partial charge in [0.25, 0.3) is 0 Å². The Kier molecular flexibility index (Phi) is 3.93. The number of anilines is 2. The number of rotatable bonds is 2. The van der Waals surface area contributed by atoms with Crippen LogP contribution in [0.15, 0.2) is 36.5 Å². The summed E-state index contributed by atoms with van der Waals surface area (Å²) < 4.78 is 14.1. The van der Waals surface area contributed by atoms with Crippen LogP contribution in [0.3, 0.4) is 0 Å². The monoisotopic (exact) mass is 338 g/mol. The summed E-state index contributed by atoms with van der Waals surface area (Å²) in [6.45, 7) is 3.71. The number of pyridine rings is 1. The van der Waals surface area contributed by atoms with Crippen LogP contribution >= 0.6 is 0 Å². The minimum atomic E-state index is -0.298. The van der Waals surface area contributed by atoms with Gasteiger partial charge >= 0.3 is 0 Å². The van der Waals surface area contributed by atoms with Crippen molar-refractivity contribution in [3.63, 3.8) is 0 Å². The highest BCUT2D eigenvalue weighted by atomic mass is 19.1. The number of piperazine rings is 1. The zero-order chi connectivity index (χ0) is 17.4. The maximum Gasteiger partial charge on any atom is 0.222 e. The van der Waals surface area contributed by atoms with E-state index in [4.69, 9.17) is 5.73 Å². The lowest BCUT2D eigenvalue weighted by Gasteiger charge is -2.33. The van der Waals surface area contributed by atoms with Gasteiger partial charge in [0.15, 0.2) is 0 Å². The average Bonchev–Trinajstić information content (AvgIpc) is 2.62. The molecule has 1 saturated heterocycles. The maximum atomic E-state index is 14.1. The molecule has 1 fully saturated rings. The van der Waals surface area contributed by atoms with Crippen LogP contribution in [0.25, 0.3) is 22.2 Å². The molecule has 7 heteroatoms. The number of nitrogens with zero attached hydrogens (tertiary/aromatic N) is 5. The highest BCUT2D eigenvalue weighted by molar-refractivity contribution is 5.93. The van der Waals surface area contributed by atoms with E-state index in [1.807, 2.05) is 6.07 Å². The SMILES string of the molecule is CN1CCN(c2cc(-c3ccc(F)c4cccnc34)nc(N)n2)CC1. The fraction of sp³-hybridized carbons (Fsp3) is 0.278. The largest absolute Gasteiger partial charge is 0.368 e. The van der Waals surface area contributed by atoms with E-state index in [-0.39, 0.29) is 11.8 Å². The summed E-state index contributed by atoms with van der Waals surface area (Å²) in [6, 6.07) is 8.47. The molecule has 0 spiro atoms. The molecule has 1 aliphatic heterocycles. The maximum absolute atomic E-state index is 14.1. The number of likely N-dealkylation sites (N-methyl/N-ethyl adjacent to an activating group) is 1. The van der Waals surface area contributed by atoms with Gasteiger partial charge in [-0.2, -0.15) is 4.98 Å². The van der Waals surface area contributed by atoms with E-state index in [1.165, 1.54) is 6.07 Å². The molecule has 3 heterocycles. The molecule has 2 aromatic heterocycles. The van der Waals surface area contributed by atoms with Gasteiger partial charge in [0.05, 0.1) is 11.2 Å². The van der Waals surface area contributed by atoms with Crippen molar-refractivity contribution in [2.75, 3.05) is 43.9 Å². The molecule has 4 rings (SSSR count). The zero-order valence-corrected chi connectivity index (χ0v) is 14.0. The van der Waals surface area contributed by atoms with Gasteiger partial charge in [-0.25, -0.2) is 9.37 Å². The highest BCUT2D eigenvalue weighted by Gasteiger charge is 2.18. The Balaban J connectivity index is 1.80. The second kappa shape index (κ2) is 6.25. The van der Waals surface area contributed by atoms with Crippen LogP contribution in [0.5, 0.6) is 0 Å². The summed E-state index contributed by atoms with van der Waals surface area (Å²) >= 11 is 0. The summed E-state index contributed by atoms with van der Waals surface area (Å²) in [5.74, 6) is 0.706. The molecule has 0 saturated carbocycles. The molecule has 0 bridgehead atoms. The molecule has 6 nitrogen and oxygen atoms in total. The van der Waals surface area contributed by atoms with Crippen LogP contribution < -0.4 is 10.6 Å². The van der Waals surface area contributed by atoms with Crippen molar-refractivity contribution in [2.24, 2.45) is 0 Å². The molecule has 0 atom stereocenters. The van der Waals surface area contributed by atoms with Crippen molar-refractivity contribution in [3.05, 3.63) is 42.3 Å². The number of benzene rings is 1. The topological polar surface area (TPSA) is 71.2 Å².